The number of rotatable bonds is 1. The maximum atomic E-state index is 5.76. The first-order valence-electron chi connectivity index (χ1n) is 3.97. The van der Waals surface area contributed by atoms with Crippen molar-refractivity contribution in [3.8, 4) is 11.5 Å². The Kier molecular flexibility index (Phi) is 2.39. The molecule has 0 unspecified atom stereocenters. The minimum absolute atomic E-state index is 0.356. The van der Waals surface area contributed by atoms with Gasteiger partial charge < -0.3 is 4.42 Å². The van der Waals surface area contributed by atoms with E-state index in [0.717, 1.165) is 5.56 Å². The average Bonchev–Trinajstić information content (AvgIpc) is 2.48. The molecule has 0 spiro atoms. The molecule has 14 heavy (non-hydrogen) atoms. The predicted molar refractivity (Wildman–Crippen MR) is 56.8 cm³/mol. The number of hydrogen-bond donors (Lipinski definition) is 0. The standard InChI is InChI=1S/C9H7ClN2OS/c1-12-9(14)13-8(11-12)6-2-4-7(10)5-3-6/h2-5H,1H3. The third-order valence-corrected chi connectivity index (χ3v) is 2.38. The van der Waals surface area contributed by atoms with Crippen LogP contribution in [0, 0.1) is 4.84 Å². The summed E-state index contributed by atoms with van der Waals surface area (Å²) in [5, 5.41) is 4.80. The van der Waals surface area contributed by atoms with E-state index >= 15 is 0 Å². The molecule has 0 fully saturated rings. The summed E-state index contributed by atoms with van der Waals surface area (Å²) in [6.45, 7) is 0. The minimum atomic E-state index is 0.356. The topological polar surface area (TPSA) is 31.0 Å². The summed E-state index contributed by atoms with van der Waals surface area (Å²) < 4.78 is 6.78. The maximum Gasteiger partial charge on any atom is 0.287 e. The lowest BCUT2D eigenvalue weighted by atomic mass is 10.2. The first kappa shape index (κ1) is 9.43. The van der Waals surface area contributed by atoms with Crippen molar-refractivity contribution in [3.05, 3.63) is 34.1 Å². The number of aryl methyl sites for hydroxylation is 1. The molecule has 0 aliphatic heterocycles. The van der Waals surface area contributed by atoms with Gasteiger partial charge in [-0.2, -0.15) is 0 Å². The van der Waals surface area contributed by atoms with Crippen molar-refractivity contribution in [1.82, 2.24) is 9.78 Å². The molecular formula is C9H7ClN2OS. The average molecular weight is 227 g/mol. The van der Waals surface area contributed by atoms with Crippen LogP contribution in [0.2, 0.25) is 5.02 Å². The smallest absolute Gasteiger partial charge is 0.287 e. The van der Waals surface area contributed by atoms with Crippen molar-refractivity contribution in [3.63, 3.8) is 0 Å². The lowest BCUT2D eigenvalue weighted by Gasteiger charge is -1.93. The molecule has 0 saturated carbocycles. The molecule has 3 nitrogen and oxygen atoms in total. The second-order valence-electron chi connectivity index (χ2n) is 2.80. The summed E-state index contributed by atoms with van der Waals surface area (Å²) >= 11 is 10.7. The van der Waals surface area contributed by atoms with Crippen molar-refractivity contribution in [2.24, 2.45) is 7.05 Å². The summed E-state index contributed by atoms with van der Waals surface area (Å²) in [6, 6.07) is 7.24. The molecule has 72 valence electrons. The second-order valence-corrected chi connectivity index (χ2v) is 3.59. The fourth-order valence-corrected chi connectivity index (χ4v) is 1.30. The fourth-order valence-electron chi connectivity index (χ4n) is 1.06. The third kappa shape index (κ3) is 1.71. The molecule has 0 radical (unpaired) electrons. The molecule has 0 aliphatic rings. The van der Waals surface area contributed by atoms with Crippen LogP contribution in [0.15, 0.2) is 28.7 Å². The molecule has 5 heteroatoms. The highest BCUT2D eigenvalue weighted by molar-refractivity contribution is 7.71. The van der Waals surface area contributed by atoms with Gasteiger partial charge in [0.25, 0.3) is 4.84 Å². The molecule has 1 aromatic carbocycles. The number of nitrogens with zero attached hydrogens (tertiary/aromatic N) is 2. The number of aromatic nitrogens is 2. The van der Waals surface area contributed by atoms with Gasteiger partial charge in [-0.3, -0.25) is 0 Å². The van der Waals surface area contributed by atoms with Gasteiger partial charge in [0.2, 0.25) is 5.89 Å². The van der Waals surface area contributed by atoms with Crippen LogP contribution in [-0.2, 0) is 7.05 Å². The lowest BCUT2D eigenvalue weighted by molar-refractivity contribution is 0.534. The maximum absolute atomic E-state index is 5.76. The Hall–Kier alpha value is -1.13. The van der Waals surface area contributed by atoms with Crippen LogP contribution in [0.4, 0.5) is 0 Å². The van der Waals surface area contributed by atoms with Crippen LogP contribution in [-0.4, -0.2) is 9.78 Å². The molecule has 0 atom stereocenters. The van der Waals surface area contributed by atoms with E-state index in [2.05, 4.69) is 5.10 Å². The third-order valence-electron chi connectivity index (χ3n) is 1.78. The van der Waals surface area contributed by atoms with E-state index in [4.69, 9.17) is 28.2 Å². The van der Waals surface area contributed by atoms with E-state index in [1.165, 1.54) is 4.68 Å². The summed E-state index contributed by atoms with van der Waals surface area (Å²) in [5.74, 6) is 0.508. The molecule has 1 heterocycles. The molecule has 0 amide bonds. The zero-order chi connectivity index (χ0) is 10.1. The summed E-state index contributed by atoms with van der Waals surface area (Å²) in [4.78, 5) is 0.356. The van der Waals surface area contributed by atoms with Gasteiger partial charge in [-0.15, -0.1) is 5.10 Å². The number of benzene rings is 1. The lowest BCUT2D eigenvalue weighted by Crippen LogP contribution is -1.89. The van der Waals surface area contributed by atoms with Crippen LogP contribution in [0.1, 0.15) is 0 Å². The largest absolute Gasteiger partial charge is 0.409 e. The van der Waals surface area contributed by atoms with Crippen LogP contribution in [0.5, 0.6) is 0 Å². The van der Waals surface area contributed by atoms with Crippen LogP contribution < -0.4 is 0 Å². The normalized spacial score (nSPS) is 10.4. The van der Waals surface area contributed by atoms with E-state index in [9.17, 15) is 0 Å². The first-order chi connectivity index (χ1) is 6.66. The van der Waals surface area contributed by atoms with E-state index in [0.29, 0.717) is 15.8 Å². The zero-order valence-electron chi connectivity index (χ0n) is 7.40. The van der Waals surface area contributed by atoms with Crippen molar-refractivity contribution in [2.75, 3.05) is 0 Å². The molecule has 0 aliphatic carbocycles. The quantitative estimate of drug-likeness (QED) is 0.701. The van der Waals surface area contributed by atoms with Crippen LogP contribution in [0.3, 0.4) is 0 Å². The predicted octanol–water partition coefficient (Wildman–Crippen LogP) is 3.06. The SMILES string of the molecule is Cn1nc(-c2ccc(Cl)cc2)oc1=S. The second kappa shape index (κ2) is 3.55. The highest BCUT2D eigenvalue weighted by Crippen LogP contribution is 2.19. The Morgan fingerprint density at radius 3 is 2.50 bits per heavy atom. The molecular weight excluding hydrogens is 220 g/mol. The Bertz CT molecular complexity index is 500. The van der Waals surface area contributed by atoms with E-state index in [1.807, 2.05) is 12.1 Å². The molecule has 2 rings (SSSR count). The Morgan fingerprint density at radius 2 is 2.00 bits per heavy atom. The van der Waals surface area contributed by atoms with E-state index < -0.39 is 0 Å². The molecule has 0 bridgehead atoms. The molecule has 0 N–H and O–H groups in total. The minimum Gasteiger partial charge on any atom is -0.409 e. The highest BCUT2D eigenvalue weighted by Gasteiger charge is 2.04. The fraction of sp³-hybridized carbons (Fsp3) is 0.111. The van der Waals surface area contributed by atoms with Gasteiger partial charge in [-0.25, -0.2) is 4.68 Å². The van der Waals surface area contributed by atoms with Crippen LogP contribution in [0.25, 0.3) is 11.5 Å². The van der Waals surface area contributed by atoms with Crippen molar-refractivity contribution >= 4 is 23.8 Å². The van der Waals surface area contributed by atoms with Crippen molar-refractivity contribution in [1.29, 1.82) is 0 Å². The summed E-state index contributed by atoms with van der Waals surface area (Å²) in [6.07, 6.45) is 0. The Labute approximate surface area is 90.9 Å². The molecule has 1 aromatic heterocycles. The summed E-state index contributed by atoms with van der Waals surface area (Å²) in [7, 11) is 1.74. The van der Waals surface area contributed by atoms with E-state index in [-0.39, 0.29) is 0 Å². The molecule has 0 saturated heterocycles. The van der Waals surface area contributed by atoms with Gasteiger partial charge in [-0.1, -0.05) is 11.6 Å². The van der Waals surface area contributed by atoms with Gasteiger partial charge >= 0.3 is 0 Å². The Balaban J connectivity index is 2.49. The van der Waals surface area contributed by atoms with Crippen molar-refractivity contribution < 1.29 is 4.42 Å². The monoisotopic (exact) mass is 226 g/mol. The summed E-state index contributed by atoms with van der Waals surface area (Å²) in [5.41, 5.74) is 0.862. The molecule has 2 aromatic rings. The van der Waals surface area contributed by atoms with Gasteiger partial charge in [0.1, 0.15) is 0 Å². The van der Waals surface area contributed by atoms with Gasteiger partial charge in [-0.05, 0) is 36.5 Å². The van der Waals surface area contributed by atoms with Gasteiger partial charge in [0.05, 0.1) is 0 Å². The van der Waals surface area contributed by atoms with E-state index in [1.54, 1.807) is 19.2 Å². The number of halogens is 1. The zero-order valence-corrected chi connectivity index (χ0v) is 8.97. The van der Waals surface area contributed by atoms with Crippen LogP contribution >= 0.6 is 23.8 Å². The van der Waals surface area contributed by atoms with Gasteiger partial charge in [0.15, 0.2) is 0 Å². The Morgan fingerprint density at radius 1 is 1.36 bits per heavy atom. The number of hydrogen-bond acceptors (Lipinski definition) is 3. The van der Waals surface area contributed by atoms with Gasteiger partial charge in [0, 0.05) is 17.6 Å². The first-order valence-corrected chi connectivity index (χ1v) is 4.75. The highest BCUT2D eigenvalue weighted by atomic mass is 35.5. The van der Waals surface area contributed by atoms with Crippen molar-refractivity contribution in [2.45, 2.75) is 0 Å².